The van der Waals surface area contributed by atoms with Gasteiger partial charge in [-0.1, -0.05) is 13.8 Å². The zero-order valence-electron chi connectivity index (χ0n) is 11.9. The van der Waals surface area contributed by atoms with Crippen molar-refractivity contribution in [2.75, 3.05) is 18.5 Å². The highest BCUT2D eigenvalue weighted by atomic mass is 16.6. The Labute approximate surface area is 112 Å². The van der Waals surface area contributed by atoms with Crippen LogP contribution in [0, 0.1) is 22.5 Å². The summed E-state index contributed by atoms with van der Waals surface area (Å²) in [5.41, 5.74) is 0.301. The molecule has 1 aromatic rings. The van der Waals surface area contributed by atoms with Gasteiger partial charge in [-0.05, 0) is 25.7 Å². The first kappa shape index (κ1) is 15.4. The van der Waals surface area contributed by atoms with E-state index in [0.29, 0.717) is 31.0 Å². The van der Waals surface area contributed by atoms with Gasteiger partial charge in [0.15, 0.2) is 0 Å². The number of aliphatic hydroxyl groups is 1. The Morgan fingerprint density at radius 3 is 2.63 bits per heavy atom. The zero-order valence-corrected chi connectivity index (χ0v) is 11.9. The molecule has 0 aromatic carbocycles. The summed E-state index contributed by atoms with van der Waals surface area (Å²) < 4.78 is 1.60. The van der Waals surface area contributed by atoms with Crippen LogP contribution in [0.4, 0.5) is 11.5 Å². The van der Waals surface area contributed by atoms with Crippen LogP contribution in [0.1, 0.15) is 32.9 Å². The molecule has 1 rings (SSSR count). The van der Waals surface area contributed by atoms with E-state index in [-0.39, 0.29) is 17.7 Å². The maximum absolute atomic E-state index is 11.1. The molecular formula is C12H22N4O3. The van der Waals surface area contributed by atoms with Gasteiger partial charge in [0, 0.05) is 19.7 Å². The molecule has 0 aliphatic carbocycles. The number of nitrogens with one attached hydrogen (secondary N) is 1. The number of anilines is 1. The summed E-state index contributed by atoms with van der Waals surface area (Å²) in [6.07, 6.45) is 0.632. The summed E-state index contributed by atoms with van der Waals surface area (Å²) in [6.45, 7) is 8.73. The number of hydrogen-bond acceptors (Lipinski definition) is 5. The Bertz CT molecular complexity index is 454. The summed E-state index contributed by atoms with van der Waals surface area (Å²) in [5.74, 6) is 0.441. The average Bonchev–Trinajstić information content (AvgIpc) is 2.62. The third-order valence-electron chi connectivity index (χ3n) is 3.10. The van der Waals surface area contributed by atoms with Crippen molar-refractivity contribution in [1.29, 1.82) is 0 Å². The minimum Gasteiger partial charge on any atom is -0.396 e. The van der Waals surface area contributed by atoms with Crippen LogP contribution >= 0.6 is 0 Å². The normalized spacial score (nSPS) is 11.6. The Morgan fingerprint density at radius 2 is 2.16 bits per heavy atom. The lowest BCUT2D eigenvalue weighted by atomic mass is 9.90. The molecule has 0 radical (unpaired) electrons. The summed E-state index contributed by atoms with van der Waals surface area (Å²) >= 11 is 0. The van der Waals surface area contributed by atoms with Crippen molar-refractivity contribution in [3.63, 3.8) is 0 Å². The van der Waals surface area contributed by atoms with Gasteiger partial charge in [-0.25, -0.2) is 4.68 Å². The van der Waals surface area contributed by atoms with Crippen LogP contribution in [-0.2, 0) is 6.54 Å². The molecule has 0 amide bonds. The van der Waals surface area contributed by atoms with E-state index in [1.807, 2.05) is 20.8 Å². The molecule has 0 aliphatic rings. The quantitative estimate of drug-likeness (QED) is 0.583. The standard InChI is InChI=1S/C12H22N4O3/c1-5-15-11(10(16(18)19)9(2)14-15)13-8-12(3,4)6-7-17/h13,17H,5-8H2,1-4H3. The Kier molecular flexibility index (Phi) is 4.88. The molecule has 2 N–H and O–H groups in total. The summed E-state index contributed by atoms with van der Waals surface area (Å²) in [7, 11) is 0. The van der Waals surface area contributed by atoms with Gasteiger partial charge in [-0.15, -0.1) is 0 Å². The average molecular weight is 270 g/mol. The van der Waals surface area contributed by atoms with Crippen molar-refractivity contribution < 1.29 is 10.0 Å². The third kappa shape index (κ3) is 3.66. The van der Waals surface area contributed by atoms with E-state index in [1.54, 1.807) is 11.6 Å². The lowest BCUT2D eigenvalue weighted by Crippen LogP contribution is -2.25. The van der Waals surface area contributed by atoms with Gasteiger partial charge < -0.3 is 10.4 Å². The number of rotatable bonds is 7. The van der Waals surface area contributed by atoms with Crippen molar-refractivity contribution in [3.05, 3.63) is 15.8 Å². The molecule has 0 saturated carbocycles. The Balaban J connectivity index is 2.96. The number of nitro groups is 1. The molecule has 0 aliphatic heterocycles. The SMILES string of the molecule is CCn1nc(C)c([N+](=O)[O-])c1NCC(C)(C)CCO. The molecule has 0 fully saturated rings. The van der Waals surface area contributed by atoms with Crippen molar-refractivity contribution in [1.82, 2.24) is 9.78 Å². The number of aromatic nitrogens is 2. The highest BCUT2D eigenvalue weighted by Crippen LogP contribution is 2.30. The Hall–Kier alpha value is -1.63. The van der Waals surface area contributed by atoms with Gasteiger partial charge in [0.05, 0.1) is 4.92 Å². The van der Waals surface area contributed by atoms with E-state index < -0.39 is 4.92 Å². The lowest BCUT2D eigenvalue weighted by molar-refractivity contribution is -0.384. The van der Waals surface area contributed by atoms with Gasteiger partial charge in [0.25, 0.3) is 0 Å². The van der Waals surface area contributed by atoms with Crippen molar-refractivity contribution in [2.24, 2.45) is 5.41 Å². The first-order chi connectivity index (χ1) is 8.82. The minimum absolute atomic E-state index is 0.0293. The van der Waals surface area contributed by atoms with Crippen LogP contribution in [0.2, 0.25) is 0 Å². The van der Waals surface area contributed by atoms with Gasteiger partial charge >= 0.3 is 5.69 Å². The highest BCUT2D eigenvalue weighted by Gasteiger charge is 2.26. The first-order valence-electron chi connectivity index (χ1n) is 6.39. The molecule has 19 heavy (non-hydrogen) atoms. The summed E-state index contributed by atoms with van der Waals surface area (Å²) in [5, 5.41) is 27.4. The molecule has 108 valence electrons. The molecular weight excluding hydrogens is 248 g/mol. The monoisotopic (exact) mass is 270 g/mol. The van der Waals surface area contributed by atoms with Gasteiger partial charge in [-0.2, -0.15) is 5.10 Å². The number of aliphatic hydroxyl groups excluding tert-OH is 1. The highest BCUT2D eigenvalue weighted by molar-refractivity contribution is 5.59. The molecule has 0 spiro atoms. The maximum Gasteiger partial charge on any atom is 0.333 e. The van der Waals surface area contributed by atoms with Crippen LogP contribution in [-0.4, -0.2) is 33.0 Å². The van der Waals surface area contributed by atoms with E-state index >= 15 is 0 Å². The number of hydrogen-bond donors (Lipinski definition) is 2. The van der Waals surface area contributed by atoms with Gasteiger partial charge in [0.2, 0.25) is 5.82 Å². The fraction of sp³-hybridized carbons (Fsp3) is 0.750. The molecule has 7 nitrogen and oxygen atoms in total. The van der Waals surface area contributed by atoms with Crippen LogP contribution in [0.5, 0.6) is 0 Å². The molecule has 1 heterocycles. The number of aryl methyl sites for hydroxylation is 2. The van der Waals surface area contributed by atoms with E-state index in [4.69, 9.17) is 5.11 Å². The first-order valence-corrected chi connectivity index (χ1v) is 6.39. The molecule has 0 unspecified atom stereocenters. The van der Waals surface area contributed by atoms with Crippen molar-refractivity contribution in [2.45, 2.75) is 40.7 Å². The van der Waals surface area contributed by atoms with E-state index in [9.17, 15) is 10.1 Å². The molecule has 7 heteroatoms. The zero-order chi connectivity index (χ0) is 14.6. The lowest BCUT2D eigenvalue weighted by Gasteiger charge is -2.24. The smallest absolute Gasteiger partial charge is 0.333 e. The minimum atomic E-state index is -0.407. The van der Waals surface area contributed by atoms with Crippen LogP contribution < -0.4 is 5.32 Å². The van der Waals surface area contributed by atoms with E-state index in [0.717, 1.165) is 0 Å². The largest absolute Gasteiger partial charge is 0.396 e. The van der Waals surface area contributed by atoms with Crippen molar-refractivity contribution in [3.8, 4) is 0 Å². The van der Waals surface area contributed by atoms with Crippen molar-refractivity contribution >= 4 is 11.5 Å². The predicted octanol–water partition coefficient (Wildman–Crippen LogP) is 1.94. The molecule has 0 atom stereocenters. The second-order valence-electron chi connectivity index (χ2n) is 5.35. The topological polar surface area (TPSA) is 93.2 Å². The van der Waals surface area contributed by atoms with Crippen LogP contribution in [0.3, 0.4) is 0 Å². The predicted molar refractivity (Wildman–Crippen MR) is 73.3 cm³/mol. The summed E-state index contributed by atoms with van der Waals surface area (Å²) in [4.78, 5) is 10.7. The fourth-order valence-corrected chi connectivity index (χ4v) is 1.91. The Morgan fingerprint density at radius 1 is 1.53 bits per heavy atom. The fourth-order valence-electron chi connectivity index (χ4n) is 1.91. The van der Waals surface area contributed by atoms with Gasteiger partial charge in [0.1, 0.15) is 5.69 Å². The second kappa shape index (κ2) is 6.01. The summed E-state index contributed by atoms with van der Waals surface area (Å²) in [6, 6.07) is 0. The molecule has 0 saturated heterocycles. The molecule has 1 aromatic heterocycles. The van der Waals surface area contributed by atoms with E-state index in [1.165, 1.54) is 0 Å². The number of nitrogens with zero attached hydrogens (tertiary/aromatic N) is 3. The maximum atomic E-state index is 11.1. The van der Waals surface area contributed by atoms with E-state index in [2.05, 4.69) is 10.4 Å². The molecule has 0 bridgehead atoms. The third-order valence-corrected chi connectivity index (χ3v) is 3.10. The van der Waals surface area contributed by atoms with Crippen LogP contribution in [0.25, 0.3) is 0 Å². The van der Waals surface area contributed by atoms with Crippen LogP contribution in [0.15, 0.2) is 0 Å². The second-order valence-corrected chi connectivity index (χ2v) is 5.35. The van der Waals surface area contributed by atoms with Gasteiger partial charge in [-0.3, -0.25) is 10.1 Å².